The number of carboxylic acid groups (broad SMARTS) is 1. The number of benzene rings is 3. The van der Waals surface area contributed by atoms with Crippen LogP contribution in [-0.2, 0) is 17.9 Å². The lowest BCUT2D eigenvalue weighted by atomic mass is 10.0. The van der Waals surface area contributed by atoms with Crippen molar-refractivity contribution in [2.75, 3.05) is 0 Å². The van der Waals surface area contributed by atoms with Crippen LogP contribution in [-0.4, -0.2) is 26.1 Å². The molecule has 224 valence electrons. The number of pyridine rings is 1. The number of hydrogen-bond donors (Lipinski definition) is 1. The molecule has 0 bridgehead atoms. The van der Waals surface area contributed by atoms with Gasteiger partial charge in [0.2, 0.25) is 0 Å². The third-order valence-electron chi connectivity index (χ3n) is 8.07. The van der Waals surface area contributed by atoms with Crippen molar-refractivity contribution < 1.29 is 19.0 Å². The molecule has 0 spiro atoms. The van der Waals surface area contributed by atoms with Crippen molar-refractivity contribution in [1.29, 1.82) is 0 Å². The Bertz CT molecular complexity index is 1870. The van der Waals surface area contributed by atoms with Gasteiger partial charge in [-0.15, -0.1) is 0 Å². The average molecular weight is 590 g/mol. The summed E-state index contributed by atoms with van der Waals surface area (Å²) in [4.78, 5) is 18.2. The fourth-order valence-electron chi connectivity index (χ4n) is 5.41. The normalized spacial score (nSPS) is 15.9. The summed E-state index contributed by atoms with van der Waals surface area (Å²) in [5, 5.41) is 8.01. The Labute approximate surface area is 256 Å². The Morgan fingerprint density at radius 3 is 2.48 bits per heavy atom. The van der Waals surface area contributed by atoms with Gasteiger partial charge in [-0.1, -0.05) is 69.0 Å². The number of rotatable bonds is 9. The second-order valence-electron chi connectivity index (χ2n) is 11.5. The average Bonchev–Trinajstić information content (AvgIpc) is 3.52. The zero-order chi connectivity index (χ0) is 31.3. The molecule has 44 heavy (non-hydrogen) atoms. The van der Waals surface area contributed by atoms with E-state index in [4.69, 9.17) is 24.6 Å². The number of hydrogen-bond acceptors (Lipinski definition) is 4. The van der Waals surface area contributed by atoms with E-state index in [9.17, 15) is 4.39 Å². The lowest BCUT2D eigenvalue weighted by Crippen LogP contribution is -2.07. The minimum Gasteiger partial charge on any atom is -0.487 e. The lowest BCUT2D eigenvalue weighted by Gasteiger charge is -2.13. The van der Waals surface area contributed by atoms with E-state index in [1.807, 2.05) is 49.4 Å². The Kier molecular flexibility index (Phi) is 9.04. The Morgan fingerprint density at radius 1 is 1.07 bits per heavy atom. The second-order valence-corrected chi connectivity index (χ2v) is 11.5. The van der Waals surface area contributed by atoms with Crippen LogP contribution in [0.25, 0.3) is 27.5 Å². The molecule has 0 unspecified atom stereocenters. The van der Waals surface area contributed by atoms with E-state index < -0.39 is 0 Å². The second kappa shape index (κ2) is 13.1. The number of para-hydroxylation sites is 1. The van der Waals surface area contributed by atoms with E-state index >= 15 is 0 Å². The fourth-order valence-corrected chi connectivity index (χ4v) is 5.41. The first-order valence-corrected chi connectivity index (χ1v) is 14.6. The van der Waals surface area contributed by atoms with E-state index in [0.717, 1.165) is 62.3 Å². The molecule has 0 saturated heterocycles. The van der Waals surface area contributed by atoms with Crippen molar-refractivity contribution in [3.05, 3.63) is 132 Å². The zero-order valence-electron chi connectivity index (χ0n) is 25.2. The molecule has 2 aromatic heterocycles. The van der Waals surface area contributed by atoms with Gasteiger partial charge in [-0.05, 0) is 77.9 Å². The minimum absolute atomic E-state index is 0.229. The minimum atomic E-state index is -0.250. The number of allylic oxidation sites excluding steroid dienone is 5. The number of carbonyl (C=O) groups is 1. The van der Waals surface area contributed by atoms with Crippen LogP contribution in [0.3, 0.4) is 0 Å². The number of halogens is 1. The van der Waals surface area contributed by atoms with E-state index in [1.54, 1.807) is 12.1 Å². The smallest absolute Gasteiger partial charge is 0.290 e. The van der Waals surface area contributed by atoms with Gasteiger partial charge in [0.05, 0.1) is 22.2 Å². The highest BCUT2D eigenvalue weighted by molar-refractivity contribution is 5.80. The van der Waals surface area contributed by atoms with Crippen LogP contribution in [0.2, 0.25) is 0 Å². The predicted molar refractivity (Wildman–Crippen MR) is 174 cm³/mol. The molecule has 6 nitrogen and oxygen atoms in total. The van der Waals surface area contributed by atoms with Crippen molar-refractivity contribution in [3.63, 3.8) is 0 Å². The molecule has 6 rings (SSSR count). The van der Waals surface area contributed by atoms with Crippen molar-refractivity contribution in [2.45, 2.75) is 46.3 Å². The van der Waals surface area contributed by atoms with Gasteiger partial charge in [-0.3, -0.25) is 4.79 Å². The molecule has 1 N–H and O–H groups in total. The van der Waals surface area contributed by atoms with Crippen molar-refractivity contribution in [2.24, 2.45) is 5.41 Å². The molecule has 7 heteroatoms. The Balaban J connectivity index is 0.00000123. The molecule has 5 aromatic rings. The van der Waals surface area contributed by atoms with E-state index in [0.29, 0.717) is 19.1 Å². The molecular formula is C37H36FN3O3. The van der Waals surface area contributed by atoms with E-state index in [-0.39, 0.29) is 17.7 Å². The van der Waals surface area contributed by atoms with Crippen molar-refractivity contribution >= 4 is 34.0 Å². The van der Waals surface area contributed by atoms with Crippen molar-refractivity contribution in [3.8, 4) is 5.75 Å². The van der Waals surface area contributed by atoms with Gasteiger partial charge in [-0.25, -0.2) is 14.4 Å². The van der Waals surface area contributed by atoms with Crippen molar-refractivity contribution in [1.82, 2.24) is 14.5 Å². The molecule has 1 atom stereocenters. The summed E-state index contributed by atoms with van der Waals surface area (Å²) in [5.41, 5.74) is 7.10. The highest BCUT2D eigenvalue weighted by Crippen LogP contribution is 2.58. The first kappa shape index (κ1) is 30.4. The van der Waals surface area contributed by atoms with Gasteiger partial charge in [0.1, 0.15) is 24.0 Å². The van der Waals surface area contributed by atoms with Gasteiger partial charge in [0.15, 0.2) is 0 Å². The number of fused-ring (bicyclic) bond motifs is 2. The maximum Gasteiger partial charge on any atom is 0.290 e. The SMILES string of the molecule is C=C/C(=C\C(=C/C)Cn1c([C@@H]2CC2(C)C)nc2cc(OCc3ccc4ccccc4n3)ccc21)c1ccc(F)cc1.O=CO. The molecule has 1 aliphatic carbocycles. The molecular weight excluding hydrogens is 553 g/mol. The molecule has 3 aromatic carbocycles. The number of aromatic nitrogens is 3. The number of imidazole rings is 1. The topological polar surface area (TPSA) is 77.2 Å². The van der Waals surface area contributed by atoms with Crippen LogP contribution in [0, 0.1) is 11.2 Å². The fraction of sp³-hybridized carbons (Fsp3) is 0.216. The van der Waals surface area contributed by atoms with E-state index in [2.05, 4.69) is 55.3 Å². The summed E-state index contributed by atoms with van der Waals surface area (Å²) in [6.45, 7) is 11.5. The highest BCUT2D eigenvalue weighted by Gasteiger charge is 2.49. The number of ether oxygens (including phenoxy) is 1. The third kappa shape index (κ3) is 6.78. The summed E-state index contributed by atoms with van der Waals surface area (Å²) in [7, 11) is 0. The molecule has 1 fully saturated rings. The third-order valence-corrected chi connectivity index (χ3v) is 8.07. The maximum absolute atomic E-state index is 13.5. The zero-order valence-corrected chi connectivity index (χ0v) is 25.2. The Morgan fingerprint density at radius 2 is 1.80 bits per heavy atom. The first-order valence-electron chi connectivity index (χ1n) is 14.6. The van der Waals surface area contributed by atoms with E-state index in [1.165, 1.54) is 12.1 Å². The van der Waals surface area contributed by atoms with Gasteiger partial charge in [0, 0.05) is 23.9 Å². The van der Waals surface area contributed by atoms with Gasteiger partial charge in [-0.2, -0.15) is 0 Å². The monoisotopic (exact) mass is 589 g/mol. The van der Waals surface area contributed by atoms with Crippen LogP contribution in [0.4, 0.5) is 4.39 Å². The van der Waals surface area contributed by atoms with Crippen LogP contribution >= 0.6 is 0 Å². The predicted octanol–water partition coefficient (Wildman–Crippen LogP) is 8.73. The maximum atomic E-state index is 13.5. The van der Waals surface area contributed by atoms with Crippen LogP contribution in [0.5, 0.6) is 5.75 Å². The standard InChI is InChI=1S/C36H34FN3O.CH2O2/c1-5-24(19-25(6-2)26-11-14-28(37)15-12-26)22-40-34-18-17-30(20-33(34)39-35(40)31-21-36(31,3)4)41-23-29-16-13-27-9-7-8-10-32(27)38-29;2-1-3/h5-20,31H,2,21-23H2,1,3-4H3;1H,(H,2,3)/b24-5+,25-19+;/t31-;/m0./s1. The largest absolute Gasteiger partial charge is 0.487 e. The molecule has 1 saturated carbocycles. The molecule has 0 radical (unpaired) electrons. The summed E-state index contributed by atoms with van der Waals surface area (Å²) in [6.07, 6.45) is 7.18. The van der Waals surface area contributed by atoms with Gasteiger partial charge >= 0.3 is 0 Å². The summed E-state index contributed by atoms with van der Waals surface area (Å²) in [5.74, 6) is 2.03. The van der Waals surface area contributed by atoms with Gasteiger partial charge in [0.25, 0.3) is 6.47 Å². The quantitative estimate of drug-likeness (QED) is 0.137. The van der Waals surface area contributed by atoms with Crippen LogP contribution in [0.1, 0.15) is 50.2 Å². The Hall–Kier alpha value is -5.04. The molecule has 0 amide bonds. The van der Waals surface area contributed by atoms with Gasteiger partial charge < -0.3 is 14.4 Å². The molecule has 1 aliphatic rings. The summed E-state index contributed by atoms with van der Waals surface area (Å²) >= 11 is 0. The first-order chi connectivity index (χ1) is 21.3. The van der Waals surface area contributed by atoms with Crippen LogP contribution < -0.4 is 4.74 Å². The highest BCUT2D eigenvalue weighted by atomic mass is 19.1. The number of nitrogens with zero attached hydrogens (tertiary/aromatic N) is 3. The molecule has 2 heterocycles. The molecule has 0 aliphatic heterocycles. The van der Waals surface area contributed by atoms with Crippen LogP contribution in [0.15, 0.2) is 109 Å². The lowest BCUT2D eigenvalue weighted by molar-refractivity contribution is -0.122. The summed E-state index contributed by atoms with van der Waals surface area (Å²) in [6, 6.07) is 24.9. The summed E-state index contributed by atoms with van der Waals surface area (Å²) < 4.78 is 22.0.